The number of halogens is 1. The Balaban J connectivity index is 1.65. The van der Waals surface area contributed by atoms with Gasteiger partial charge in [0.15, 0.2) is 9.84 Å². The highest BCUT2D eigenvalue weighted by molar-refractivity contribution is 7.91. The summed E-state index contributed by atoms with van der Waals surface area (Å²) in [7, 11) is -0.906. The fourth-order valence-electron chi connectivity index (χ4n) is 4.01. The molecule has 0 radical (unpaired) electrons. The Labute approximate surface area is 170 Å². The Morgan fingerprint density at radius 2 is 2.07 bits per heavy atom. The number of hydrogen-bond donors (Lipinski definition) is 0. The van der Waals surface area contributed by atoms with Crippen molar-refractivity contribution in [1.82, 2.24) is 14.8 Å². The monoisotopic (exact) mass is 418 g/mol. The number of benzene rings is 1. The zero-order chi connectivity index (χ0) is 20.1. The molecule has 0 spiro atoms. The molecule has 1 atom stereocenters. The number of aromatic nitrogens is 3. The van der Waals surface area contributed by atoms with E-state index in [-0.39, 0.29) is 17.5 Å². The lowest BCUT2D eigenvalue weighted by Crippen LogP contribution is -2.18. The van der Waals surface area contributed by atoms with E-state index in [4.69, 9.17) is 11.6 Å². The number of hydrogen-bond acceptors (Lipinski definition) is 5. The second-order valence-corrected chi connectivity index (χ2v) is 10.2. The first kappa shape index (κ1) is 19.2. The summed E-state index contributed by atoms with van der Waals surface area (Å²) in [5, 5.41) is 6.38. The maximum atomic E-state index is 11.9. The molecule has 0 saturated carbocycles. The molecule has 3 heterocycles. The molecule has 4 rings (SSSR count). The number of anilines is 1. The van der Waals surface area contributed by atoms with Crippen LogP contribution in [0.15, 0.2) is 30.5 Å². The van der Waals surface area contributed by atoms with Gasteiger partial charge in [-0.3, -0.25) is 9.67 Å². The van der Waals surface area contributed by atoms with Crippen molar-refractivity contribution < 1.29 is 8.42 Å². The topological polar surface area (TPSA) is 68.1 Å². The summed E-state index contributed by atoms with van der Waals surface area (Å²) in [6.07, 6.45) is 2.42. The Hall–Kier alpha value is -2.12. The minimum Gasteiger partial charge on any atom is -0.370 e. The summed E-state index contributed by atoms with van der Waals surface area (Å²) in [4.78, 5) is 6.58. The molecule has 0 unspecified atom stereocenters. The molecule has 28 heavy (non-hydrogen) atoms. The summed E-state index contributed by atoms with van der Waals surface area (Å²) in [6.45, 7) is 4.69. The predicted molar refractivity (Wildman–Crippen MR) is 113 cm³/mol. The van der Waals surface area contributed by atoms with E-state index < -0.39 is 9.84 Å². The van der Waals surface area contributed by atoms with Gasteiger partial charge in [0, 0.05) is 47.1 Å². The van der Waals surface area contributed by atoms with Gasteiger partial charge in [0.2, 0.25) is 0 Å². The van der Waals surface area contributed by atoms with Gasteiger partial charge in [0.05, 0.1) is 28.8 Å². The average molecular weight is 419 g/mol. The van der Waals surface area contributed by atoms with Gasteiger partial charge >= 0.3 is 0 Å². The van der Waals surface area contributed by atoms with Crippen LogP contribution in [0.3, 0.4) is 0 Å². The summed E-state index contributed by atoms with van der Waals surface area (Å²) < 4.78 is 25.6. The van der Waals surface area contributed by atoms with Gasteiger partial charge in [-0.25, -0.2) is 8.42 Å². The van der Waals surface area contributed by atoms with Crippen LogP contribution in [0.4, 0.5) is 5.69 Å². The number of aryl methyl sites for hydroxylation is 1. The predicted octanol–water partition coefficient (Wildman–Crippen LogP) is 3.70. The zero-order valence-electron chi connectivity index (χ0n) is 16.2. The molecule has 6 nitrogen and oxygen atoms in total. The molecule has 1 aliphatic heterocycles. The van der Waals surface area contributed by atoms with Crippen molar-refractivity contribution in [2.75, 3.05) is 23.5 Å². The van der Waals surface area contributed by atoms with Crippen LogP contribution in [-0.2, 0) is 16.4 Å². The molecular formula is C20H23ClN4O2S. The van der Waals surface area contributed by atoms with Crippen molar-refractivity contribution >= 4 is 38.0 Å². The number of sulfone groups is 1. The summed E-state index contributed by atoms with van der Waals surface area (Å²) in [5.41, 5.74) is 5.03. The molecule has 1 aromatic carbocycles. The van der Waals surface area contributed by atoms with Gasteiger partial charge in [-0.1, -0.05) is 11.6 Å². The standard InChI is InChI=1S/C20H23ClN4O2S/c1-13-18(14(2)25(23-13)16-7-9-28(26,27)12-16)11-24(3)20-6-8-22-19-10-15(21)4-5-17(19)20/h4-6,8,10,16H,7,9,11-12H2,1-3H3/t16-/m0/s1. The Morgan fingerprint density at radius 1 is 1.29 bits per heavy atom. The number of rotatable bonds is 4. The lowest BCUT2D eigenvalue weighted by Gasteiger charge is -2.21. The molecular weight excluding hydrogens is 396 g/mol. The summed E-state index contributed by atoms with van der Waals surface area (Å²) in [6, 6.07) is 7.66. The van der Waals surface area contributed by atoms with E-state index in [0.29, 0.717) is 18.0 Å². The number of fused-ring (bicyclic) bond motifs is 1. The molecule has 1 aliphatic rings. The van der Waals surface area contributed by atoms with Crippen molar-refractivity contribution in [2.24, 2.45) is 0 Å². The van der Waals surface area contributed by atoms with Crippen molar-refractivity contribution in [3.05, 3.63) is 52.4 Å². The maximum Gasteiger partial charge on any atom is 0.152 e. The van der Waals surface area contributed by atoms with Crippen LogP contribution in [0.2, 0.25) is 5.02 Å². The highest BCUT2D eigenvalue weighted by Gasteiger charge is 2.31. The van der Waals surface area contributed by atoms with E-state index in [1.165, 1.54) is 0 Å². The van der Waals surface area contributed by atoms with Gasteiger partial charge in [-0.15, -0.1) is 0 Å². The lowest BCUT2D eigenvalue weighted by molar-refractivity contribution is 0.485. The first-order chi connectivity index (χ1) is 13.2. The van der Waals surface area contributed by atoms with Gasteiger partial charge in [0.25, 0.3) is 0 Å². The molecule has 1 saturated heterocycles. The minimum atomic E-state index is -2.95. The molecule has 2 aromatic heterocycles. The molecule has 0 aliphatic carbocycles. The van der Waals surface area contributed by atoms with Gasteiger partial charge in [0.1, 0.15) is 0 Å². The minimum absolute atomic E-state index is 0.0633. The van der Waals surface area contributed by atoms with Crippen molar-refractivity contribution in [1.29, 1.82) is 0 Å². The van der Waals surface area contributed by atoms with E-state index in [9.17, 15) is 8.42 Å². The van der Waals surface area contributed by atoms with Gasteiger partial charge in [-0.2, -0.15) is 5.10 Å². The summed E-state index contributed by atoms with van der Waals surface area (Å²) in [5.74, 6) is 0.427. The van der Waals surface area contributed by atoms with Gasteiger partial charge in [-0.05, 0) is 44.5 Å². The summed E-state index contributed by atoms with van der Waals surface area (Å²) >= 11 is 6.10. The van der Waals surface area contributed by atoms with Crippen LogP contribution in [-0.4, -0.2) is 41.7 Å². The second-order valence-electron chi connectivity index (χ2n) is 7.50. The third kappa shape index (κ3) is 3.49. The van der Waals surface area contributed by atoms with Crippen LogP contribution < -0.4 is 4.90 Å². The van der Waals surface area contributed by atoms with E-state index in [2.05, 4.69) is 15.0 Å². The van der Waals surface area contributed by atoms with E-state index in [1.54, 1.807) is 6.20 Å². The lowest BCUT2D eigenvalue weighted by atomic mass is 10.1. The molecule has 8 heteroatoms. The van der Waals surface area contributed by atoms with Crippen molar-refractivity contribution in [3.63, 3.8) is 0 Å². The fraction of sp³-hybridized carbons (Fsp3) is 0.400. The Morgan fingerprint density at radius 3 is 2.79 bits per heavy atom. The molecule has 0 bridgehead atoms. The van der Waals surface area contributed by atoms with Crippen LogP contribution in [0.1, 0.15) is 29.4 Å². The van der Waals surface area contributed by atoms with Crippen LogP contribution in [0.5, 0.6) is 0 Å². The average Bonchev–Trinajstić information content (AvgIpc) is 3.14. The molecule has 0 N–H and O–H groups in total. The Kier molecular flexibility index (Phi) is 4.83. The van der Waals surface area contributed by atoms with Crippen LogP contribution >= 0.6 is 11.6 Å². The zero-order valence-corrected chi connectivity index (χ0v) is 17.8. The molecule has 3 aromatic rings. The molecule has 1 fully saturated rings. The molecule has 148 valence electrons. The van der Waals surface area contributed by atoms with Crippen molar-refractivity contribution in [2.45, 2.75) is 32.9 Å². The van der Waals surface area contributed by atoms with Crippen LogP contribution in [0.25, 0.3) is 10.9 Å². The van der Waals surface area contributed by atoms with Gasteiger partial charge < -0.3 is 4.90 Å². The second kappa shape index (κ2) is 7.04. The Bertz CT molecular complexity index is 1160. The normalized spacial score (nSPS) is 18.6. The highest BCUT2D eigenvalue weighted by atomic mass is 35.5. The van der Waals surface area contributed by atoms with E-state index in [1.807, 2.05) is 49.8 Å². The highest BCUT2D eigenvalue weighted by Crippen LogP contribution is 2.30. The fourth-order valence-corrected chi connectivity index (χ4v) is 5.87. The smallest absolute Gasteiger partial charge is 0.152 e. The van der Waals surface area contributed by atoms with E-state index >= 15 is 0 Å². The maximum absolute atomic E-state index is 11.9. The number of nitrogens with zero attached hydrogens (tertiary/aromatic N) is 4. The van der Waals surface area contributed by atoms with Crippen molar-refractivity contribution in [3.8, 4) is 0 Å². The first-order valence-corrected chi connectivity index (χ1v) is 11.5. The third-order valence-corrected chi connectivity index (χ3v) is 7.50. The first-order valence-electron chi connectivity index (χ1n) is 9.25. The number of pyridine rings is 1. The SMILES string of the molecule is Cc1nn([C@H]2CCS(=O)(=O)C2)c(C)c1CN(C)c1ccnc2cc(Cl)ccc12. The van der Waals surface area contributed by atoms with Crippen LogP contribution in [0, 0.1) is 13.8 Å². The largest absolute Gasteiger partial charge is 0.370 e. The van der Waals surface area contributed by atoms with E-state index in [0.717, 1.165) is 33.5 Å². The quantitative estimate of drug-likeness (QED) is 0.646. The third-order valence-electron chi connectivity index (χ3n) is 5.52. The molecule has 0 amide bonds.